The number of nitrogens with one attached hydrogen (secondary N) is 2. The second-order valence-corrected chi connectivity index (χ2v) is 7.80. The molecular formula is C19H23Cl2N5O. The van der Waals surface area contributed by atoms with E-state index in [1.807, 2.05) is 33.0 Å². The van der Waals surface area contributed by atoms with Crippen LogP contribution in [0.2, 0.25) is 10.0 Å². The van der Waals surface area contributed by atoms with Crippen molar-refractivity contribution in [2.45, 2.75) is 45.8 Å². The molecule has 2 aromatic rings. The van der Waals surface area contributed by atoms with E-state index in [4.69, 9.17) is 23.2 Å². The number of aromatic nitrogens is 2. The van der Waals surface area contributed by atoms with E-state index in [0.717, 1.165) is 23.2 Å². The van der Waals surface area contributed by atoms with Crippen LogP contribution in [0.15, 0.2) is 24.4 Å². The van der Waals surface area contributed by atoms with Crippen LogP contribution in [0.1, 0.15) is 43.6 Å². The van der Waals surface area contributed by atoms with Crippen LogP contribution in [0.5, 0.6) is 0 Å². The number of halogens is 2. The van der Waals surface area contributed by atoms with Crippen molar-refractivity contribution in [3.63, 3.8) is 0 Å². The average Bonchev–Trinajstić information content (AvgIpc) is 2.62. The first-order valence-corrected chi connectivity index (χ1v) is 9.70. The predicted octanol–water partition coefficient (Wildman–Crippen LogP) is 4.43. The van der Waals surface area contributed by atoms with Crippen LogP contribution in [0.4, 0.5) is 10.7 Å². The average molecular weight is 408 g/mol. The lowest BCUT2D eigenvalue weighted by Gasteiger charge is -2.29. The molecule has 0 saturated heterocycles. The van der Waals surface area contributed by atoms with Crippen LogP contribution >= 0.6 is 23.2 Å². The number of anilines is 1. The van der Waals surface area contributed by atoms with Crippen LogP contribution in [-0.2, 0) is 13.0 Å². The SMILES string of the molecule is CC(C)Nc1ncc2c(n1)CN(C(=O)NC(C)c1ccc(Cl)c(Cl)c1)CC2. The molecule has 0 aliphatic carbocycles. The molecule has 1 atom stereocenters. The van der Waals surface area contributed by atoms with Gasteiger partial charge in [0.1, 0.15) is 0 Å². The molecule has 2 N–H and O–H groups in total. The summed E-state index contributed by atoms with van der Waals surface area (Å²) < 4.78 is 0. The van der Waals surface area contributed by atoms with Gasteiger partial charge in [-0.1, -0.05) is 29.3 Å². The van der Waals surface area contributed by atoms with Crippen molar-refractivity contribution in [2.75, 3.05) is 11.9 Å². The van der Waals surface area contributed by atoms with Crippen molar-refractivity contribution in [3.8, 4) is 0 Å². The number of carbonyl (C=O) groups is 1. The molecule has 0 bridgehead atoms. The quantitative estimate of drug-likeness (QED) is 0.785. The zero-order chi connectivity index (χ0) is 19.6. The van der Waals surface area contributed by atoms with Crippen LogP contribution in [-0.4, -0.2) is 33.5 Å². The van der Waals surface area contributed by atoms with Crippen molar-refractivity contribution in [2.24, 2.45) is 0 Å². The number of rotatable bonds is 4. The molecule has 144 valence electrons. The molecule has 0 radical (unpaired) electrons. The Balaban J connectivity index is 1.67. The molecule has 0 spiro atoms. The minimum absolute atomic E-state index is 0.129. The molecular weight excluding hydrogens is 385 g/mol. The standard InChI is InChI=1S/C19H23Cl2N5O/c1-11(2)23-18-22-9-14-6-7-26(10-17(14)25-18)19(27)24-12(3)13-4-5-15(20)16(21)8-13/h4-5,8-9,11-12H,6-7,10H2,1-3H3,(H,24,27)(H,22,23,25). The van der Waals surface area contributed by atoms with E-state index in [1.165, 1.54) is 0 Å². The zero-order valence-electron chi connectivity index (χ0n) is 15.6. The van der Waals surface area contributed by atoms with Gasteiger partial charge in [0.05, 0.1) is 28.3 Å². The van der Waals surface area contributed by atoms with E-state index in [-0.39, 0.29) is 18.1 Å². The van der Waals surface area contributed by atoms with Crippen LogP contribution in [0.3, 0.4) is 0 Å². The molecule has 1 unspecified atom stereocenters. The summed E-state index contributed by atoms with van der Waals surface area (Å²) in [5.74, 6) is 0.593. The first kappa shape index (κ1) is 19.7. The second-order valence-electron chi connectivity index (χ2n) is 6.98. The Bertz CT molecular complexity index is 843. The fourth-order valence-corrected chi connectivity index (χ4v) is 3.25. The van der Waals surface area contributed by atoms with Gasteiger partial charge in [0.15, 0.2) is 0 Å². The lowest BCUT2D eigenvalue weighted by Crippen LogP contribution is -2.44. The van der Waals surface area contributed by atoms with Gasteiger partial charge in [-0.05, 0) is 50.5 Å². The Hall–Kier alpha value is -2.05. The fourth-order valence-electron chi connectivity index (χ4n) is 2.95. The third kappa shape index (κ3) is 4.82. The summed E-state index contributed by atoms with van der Waals surface area (Å²) in [6.45, 7) is 7.08. The van der Waals surface area contributed by atoms with Crippen molar-refractivity contribution in [3.05, 3.63) is 51.3 Å². The van der Waals surface area contributed by atoms with Gasteiger partial charge >= 0.3 is 6.03 Å². The first-order chi connectivity index (χ1) is 12.8. The normalized spacial score (nSPS) is 14.7. The zero-order valence-corrected chi connectivity index (χ0v) is 17.1. The van der Waals surface area contributed by atoms with Crippen molar-refractivity contribution >= 4 is 35.2 Å². The number of fused-ring (bicyclic) bond motifs is 1. The summed E-state index contributed by atoms with van der Waals surface area (Å²) in [5, 5.41) is 7.19. The van der Waals surface area contributed by atoms with Gasteiger partial charge in [-0.3, -0.25) is 0 Å². The number of carbonyl (C=O) groups excluding carboxylic acids is 1. The minimum atomic E-state index is -0.183. The third-order valence-electron chi connectivity index (χ3n) is 4.43. The van der Waals surface area contributed by atoms with E-state index in [0.29, 0.717) is 29.1 Å². The minimum Gasteiger partial charge on any atom is -0.352 e. The monoisotopic (exact) mass is 407 g/mol. The van der Waals surface area contributed by atoms with Crippen LogP contribution in [0.25, 0.3) is 0 Å². The van der Waals surface area contributed by atoms with Gasteiger partial charge in [0, 0.05) is 18.8 Å². The molecule has 2 amide bonds. The van der Waals surface area contributed by atoms with Crippen LogP contribution < -0.4 is 10.6 Å². The highest BCUT2D eigenvalue weighted by Gasteiger charge is 2.24. The highest BCUT2D eigenvalue weighted by atomic mass is 35.5. The van der Waals surface area contributed by atoms with Gasteiger partial charge < -0.3 is 15.5 Å². The number of hydrogen-bond donors (Lipinski definition) is 2. The molecule has 0 fully saturated rings. The molecule has 1 aliphatic rings. The summed E-state index contributed by atoms with van der Waals surface area (Å²) in [5.41, 5.74) is 2.88. The maximum atomic E-state index is 12.7. The van der Waals surface area contributed by atoms with Crippen molar-refractivity contribution in [1.82, 2.24) is 20.2 Å². The van der Waals surface area contributed by atoms with Gasteiger partial charge in [0.25, 0.3) is 0 Å². The number of urea groups is 1. The summed E-state index contributed by atoms with van der Waals surface area (Å²) in [6, 6.07) is 5.31. The Morgan fingerprint density at radius 3 is 2.70 bits per heavy atom. The molecule has 27 heavy (non-hydrogen) atoms. The molecule has 1 aromatic carbocycles. The fraction of sp³-hybridized carbons (Fsp3) is 0.421. The molecule has 1 aromatic heterocycles. The molecule has 0 saturated carbocycles. The second kappa shape index (κ2) is 8.31. The Kier molecular flexibility index (Phi) is 6.07. The molecule has 8 heteroatoms. The largest absolute Gasteiger partial charge is 0.352 e. The molecule has 6 nitrogen and oxygen atoms in total. The Morgan fingerprint density at radius 1 is 1.22 bits per heavy atom. The van der Waals surface area contributed by atoms with Gasteiger partial charge in [-0.15, -0.1) is 0 Å². The smallest absolute Gasteiger partial charge is 0.318 e. The topological polar surface area (TPSA) is 70.2 Å². The van der Waals surface area contributed by atoms with E-state index < -0.39 is 0 Å². The third-order valence-corrected chi connectivity index (χ3v) is 5.17. The van der Waals surface area contributed by atoms with Crippen LogP contribution in [0, 0.1) is 0 Å². The lowest BCUT2D eigenvalue weighted by molar-refractivity contribution is 0.188. The maximum Gasteiger partial charge on any atom is 0.318 e. The van der Waals surface area contributed by atoms with E-state index in [1.54, 1.807) is 17.0 Å². The highest BCUT2D eigenvalue weighted by molar-refractivity contribution is 6.42. The molecule has 2 heterocycles. The van der Waals surface area contributed by atoms with Crippen molar-refractivity contribution < 1.29 is 4.79 Å². The predicted molar refractivity (Wildman–Crippen MR) is 108 cm³/mol. The molecule has 1 aliphatic heterocycles. The number of hydrogen-bond acceptors (Lipinski definition) is 4. The highest BCUT2D eigenvalue weighted by Crippen LogP contribution is 2.26. The first-order valence-electron chi connectivity index (χ1n) is 8.95. The lowest BCUT2D eigenvalue weighted by atomic mass is 10.1. The van der Waals surface area contributed by atoms with E-state index in [2.05, 4.69) is 20.6 Å². The number of benzene rings is 1. The Labute approximate surface area is 169 Å². The molecule has 3 rings (SSSR count). The maximum absolute atomic E-state index is 12.7. The number of amides is 2. The Morgan fingerprint density at radius 2 is 2.00 bits per heavy atom. The summed E-state index contributed by atoms with van der Waals surface area (Å²) in [6.07, 6.45) is 2.59. The van der Waals surface area contributed by atoms with E-state index in [9.17, 15) is 4.79 Å². The van der Waals surface area contributed by atoms with Gasteiger partial charge in [0.2, 0.25) is 5.95 Å². The van der Waals surface area contributed by atoms with E-state index >= 15 is 0 Å². The summed E-state index contributed by atoms with van der Waals surface area (Å²) >= 11 is 12.0. The van der Waals surface area contributed by atoms with Gasteiger partial charge in [-0.2, -0.15) is 0 Å². The summed E-state index contributed by atoms with van der Waals surface area (Å²) in [4.78, 5) is 23.4. The van der Waals surface area contributed by atoms with Crippen molar-refractivity contribution in [1.29, 1.82) is 0 Å². The number of nitrogens with zero attached hydrogens (tertiary/aromatic N) is 3. The van der Waals surface area contributed by atoms with Gasteiger partial charge in [-0.25, -0.2) is 14.8 Å². The summed E-state index contributed by atoms with van der Waals surface area (Å²) in [7, 11) is 0.